The molecule has 1 spiro atoms. The number of aliphatic hydroxyl groups excluding tert-OH is 1. The molecule has 0 bridgehead atoms. The molecule has 4 nitrogen and oxygen atoms in total. The van der Waals surface area contributed by atoms with Crippen molar-refractivity contribution in [2.45, 2.75) is 37.4 Å². The van der Waals surface area contributed by atoms with E-state index in [1.54, 1.807) is 0 Å². The van der Waals surface area contributed by atoms with Crippen molar-refractivity contribution in [1.29, 1.82) is 0 Å². The summed E-state index contributed by atoms with van der Waals surface area (Å²) < 4.78 is 5.77. The van der Waals surface area contributed by atoms with Crippen molar-refractivity contribution in [1.82, 2.24) is 5.01 Å². The van der Waals surface area contributed by atoms with Crippen LogP contribution in [0.15, 0.2) is 0 Å². The smallest absolute Gasteiger partial charge is 0.0847 e. The molecule has 2 atom stereocenters. The molecule has 13 heavy (non-hydrogen) atoms. The maximum atomic E-state index is 9.57. The molecule has 2 heterocycles. The third-order valence-corrected chi connectivity index (χ3v) is 3.04. The lowest BCUT2D eigenvalue weighted by Gasteiger charge is -2.44. The summed E-state index contributed by atoms with van der Waals surface area (Å²) in [4.78, 5) is 0. The highest BCUT2D eigenvalue weighted by Crippen LogP contribution is 2.32. The summed E-state index contributed by atoms with van der Waals surface area (Å²) >= 11 is 0. The van der Waals surface area contributed by atoms with Gasteiger partial charge in [0.05, 0.1) is 11.7 Å². The van der Waals surface area contributed by atoms with Gasteiger partial charge >= 0.3 is 0 Å². The molecule has 0 aliphatic carbocycles. The first-order valence-corrected chi connectivity index (χ1v) is 5.02. The van der Waals surface area contributed by atoms with Gasteiger partial charge in [-0.2, -0.15) is 0 Å². The Bertz CT molecular complexity index is 166. The van der Waals surface area contributed by atoms with Crippen LogP contribution in [0.2, 0.25) is 0 Å². The molecule has 0 saturated carbocycles. The zero-order valence-corrected chi connectivity index (χ0v) is 7.91. The highest BCUT2D eigenvalue weighted by molar-refractivity contribution is 4.91. The van der Waals surface area contributed by atoms with Gasteiger partial charge in [0.25, 0.3) is 0 Å². The van der Waals surface area contributed by atoms with Crippen LogP contribution >= 0.6 is 0 Å². The summed E-state index contributed by atoms with van der Waals surface area (Å²) in [6, 6.07) is 0. The van der Waals surface area contributed by atoms with Crippen LogP contribution in [-0.2, 0) is 4.74 Å². The normalized spacial score (nSPS) is 42.5. The summed E-state index contributed by atoms with van der Waals surface area (Å²) in [7, 11) is 0. The maximum Gasteiger partial charge on any atom is 0.0847 e. The number of hydrogen-bond acceptors (Lipinski definition) is 4. The Morgan fingerprint density at radius 1 is 1.54 bits per heavy atom. The van der Waals surface area contributed by atoms with Crippen molar-refractivity contribution < 1.29 is 9.84 Å². The van der Waals surface area contributed by atoms with E-state index in [1.165, 1.54) is 0 Å². The molecule has 0 aromatic rings. The van der Waals surface area contributed by atoms with Gasteiger partial charge in [0, 0.05) is 26.1 Å². The standard InChI is InChI=1S/C9H18N2O2/c10-11-4-1-3-9(7-11)6-8(12)2-5-13-9/h8,12H,1-7,10H2/t8-,9+/m1/s1. The van der Waals surface area contributed by atoms with Crippen LogP contribution in [0, 0.1) is 0 Å². The fraction of sp³-hybridized carbons (Fsp3) is 1.00. The van der Waals surface area contributed by atoms with E-state index in [0.717, 1.165) is 38.8 Å². The molecular formula is C9H18N2O2. The molecular weight excluding hydrogens is 168 g/mol. The minimum atomic E-state index is -0.194. The van der Waals surface area contributed by atoms with Crippen LogP contribution in [-0.4, -0.2) is 41.5 Å². The van der Waals surface area contributed by atoms with Gasteiger partial charge in [-0.3, -0.25) is 5.84 Å². The minimum Gasteiger partial charge on any atom is -0.393 e. The zero-order valence-electron chi connectivity index (χ0n) is 7.91. The number of nitrogens with two attached hydrogens (primary N) is 1. The molecule has 3 N–H and O–H groups in total. The number of hydrogen-bond donors (Lipinski definition) is 2. The Labute approximate surface area is 78.6 Å². The van der Waals surface area contributed by atoms with E-state index in [0.29, 0.717) is 6.61 Å². The number of hydrazine groups is 1. The third-order valence-electron chi connectivity index (χ3n) is 3.04. The molecule has 0 aromatic heterocycles. The molecule has 0 amide bonds. The number of nitrogens with zero attached hydrogens (tertiary/aromatic N) is 1. The first-order valence-electron chi connectivity index (χ1n) is 5.02. The SMILES string of the molecule is NN1CCC[C@]2(C[C@H](O)CCO2)C1. The van der Waals surface area contributed by atoms with Crippen LogP contribution in [0.1, 0.15) is 25.7 Å². The summed E-state index contributed by atoms with van der Waals surface area (Å²) in [5, 5.41) is 11.4. The van der Waals surface area contributed by atoms with E-state index < -0.39 is 0 Å². The van der Waals surface area contributed by atoms with E-state index in [1.807, 2.05) is 5.01 Å². The Morgan fingerprint density at radius 2 is 2.38 bits per heavy atom. The third kappa shape index (κ3) is 2.02. The molecule has 2 rings (SSSR count). The van der Waals surface area contributed by atoms with Crippen LogP contribution < -0.4 is 5.84 Å². The van der Waals surface area contributed by atoms with Gasteiger partial charge in [-0.15, -0.1) is 0 Å². The minimum absolute atomic E-state index is 0.148. The molecule has 0 unspecified atom stereocenters. The average molecular weight is 186 g/mol. The van der Waals surface area contributed by atoms with Crippen molar-refractivity contribution >= 4 is 0 Å². The summed E-state index contributed by atoms with van der Waals surface area (Å²) in [6.45, 7) is 2.39. The van der Waals surface area contributed by atoms with Gasteiger partial charge in [0.15, 0.2) is 0 Å². The summed E-state index contributed by atoms with van der Waals surface area (Å²) in [5.74, 6) is 5.76. The molecule has 4 heteroatoms. The molecule has 0 radical (unpaired) electrons. The molecule has 2 saturated heterocycles. The monoisotopic (exact) mass is 186 g/mol. The predicted octanol–water partition coefficient (Wildman–Crippen LogP) is -0.134. The zero-order chi connectivity index (χ0) is 9.31. The second-order valence-electron chi connectivity index (χ2n) is 4.25. The fourth-order valence-corrected chi connectivity index (χ4v) is 2.42. The summed E-state index contributed by atoms with van der Waals surface area (Å²) in [6.07, 6.45) is 3.44. The van der Waals surface area contributed by atoms with Crippen molar-refractivity contribution in [2.75, 3.05) is 19.7 Å². The molecule has 0 aromatic carbocycles. The van der Waals surface area contributed by atoms with Crippen LogP contribution in [0.5, 0.6) is 0 Å². The second-order valence-corrected chi connectivity index (χ2v) is 4.25. The van der Waals surface area contributed by atoms with Gasteiger partial charge < -0.3 is 9.84 Å². The van der Waals surface area contributed by atoms with Crippen molar-refractivity contribution in [3.8, 4) is 0 Å². The Morgan fingerprint density at radius 3 is 3.08 bits per heavy atom. The Kier molecular flexibility index (Phi) is 2.55. The number of aliphatic hydroxyl groups is 1. The topological polar surface area (TPSA) is 58.7 Å². The average Bonchev–Trinajstić information content (AvgIpc) is 2.02. The van der Waals surface area contributed by atoms with Crippen molar-refractivity contribution in [3.63, 3.8) is 0 Å². The predicted molar refractivity (Wildman–Crippen MR) is 48.9 cm³/mol. The Hall–Kier alpha value is -0.160. The van der Waals surface area contributed by atoms with Gasteiger partial charge in [-0.1, -0.05) is 0 Å². The quantitative estimate of drug-likeness (QED) is 0.517. The van der Waals surface area contributed by atoms with Crippen molar-refractivity contribution in [3.05, 3.63) is 0 Å². The molecule has 2 aliphatic heterocycles. The lowest BCUT2D eigenvalue weighted by atomic mass is 9.85. The highest BCUT2D eigenvalue weighted by atomic mass is 16.5. The molecule has 2 aliphatic rings. The lowest BCUT2D eigenvalue weighted by molar-refractivity contribution is -0.147. The summed E-state index contributed by atoms with van der Waals surface area (Å²) in [5.41, 5.74) is -0.148. The highest BCUT2D eigenvalue weighted by Gasteiger charge is 2.39. The molecule has 76 valence electrons. The van der Waals surface area contributed by atoms with E-state index in [9.17, 15) is 5.11 Å². The second kappa shape index (κ2) is 3.53. The molecule has 2 fully saturated rings. The number of ether oxygens (including phenoxy) is 1. The first-order chi connectivity index (χ1) is 6.20. The number of rotatable bonds is 0. The van der Waals surface area contributed by atoms with Gasteiger partial charge in [-0.25, -0.2) is 5.01 Å². The van der Waals surface area contributed by atoms with E-state index >= 15 is 0 Å². The van der Waals surface area contributed by atoms with Crippen LogP contribution in [0.3, 0.4) is 0 Å². The van der Waals surface area contributed by atoms with E-state index in [4.69, 9.17) is 10.6 Å². The largest absolute Gasteiger partial charge is 0.393 e. The fourth-order valence-electron chi connectivity index (χ4n) is 2.42. The van der Waals surface area contributed by atoms with Gasteiger partial charge in [0.1, 0.15) is 0 Å². The first kappa shape index (κ1) is 9.40. The van der Waals surface area contributed by atoms with Gasteiger partial charge in [0.2, 0.25) is 0 Å². The van der Waals surface area contributed by atoms with Crippen LogP contribution in [0.25, 0.3) is 0 Å². The number of piperidine rings is 1. The Balaban J connectivity index is 2.00. The lowest BCUT2D eigenvalue weighted by Crippen LogP contribution is -2.55. The van der Waals surface area contributed by atoms with Gasteiger partial charge in [-0.05, 0) is 19.3 Å². The van der Waals surface area contributed by atoms with E-state index in [2.05, 4.69) is 0 Å². The van der Waals surface area contributed by atoms with Crippen LogP contribution in [0.4, 0.5) is 0 Å². The van der Waals surface area contributed by atoms with E-state index in [-0.39, 0.29) is 11.7 Å². The maximum absolute atomic E-state index is 9.57. The van der Waals surface area contributed by atoms with Crippen molar-refractivity contribution in [2.24, 2.45) is 5.84 Å².